The average molecular weight is 501 g/mol. The lowest BCUT2D eigenvalue weighted by Crippen LogP contribution is -2.33. The Morgan fingerprint density at radius 3 is 2.45 bits per heavy atom. The van der Waals surface area contributed by atoms with Crippen LogP contribution in [0.25, 0.3) is 27.6 Å². The van der Waals surface area contributed by atoms with Crippen LogP contribution in [0.1, 0.15) is 25.0 Å². The molecule has 164 valence electrons. The van der Waals surface area contributed by atoms with Crippen molar-refractivity contribution in [1.29, 1.82) is 5.41 Å². The number of imidazole rings is 1. The lowest BCUT2D eigenvalue weighted by molar-refractivity contribution is 0.0331. The van der Waals surface area contributed by atoms with E-state index in [4.69, 9.17) is 10.1 Å². The molecule has 6 rings (SSSR count). The van der Waals surface area contributed by atoms with Crippen molar-refractivity contribution in [2.75, 3.05) is 0 Å². The number of halogens is 1. The molecule has 0 unspecified atom stereocenters. The summed E-state index contributed by atoms with van der Waals surface area (Å²) in [4.78, 5) is 12.5. The minimum atomic E-state index is -0.687. The van der Waals surface area contributed by atoms with Crippen molar-refractivity contribution in [3.63, 3.8) is 0 Å². The quantitative estimate of drug-likeness (QED) is 0.334. The summed E-state index contributed by atoms with van der Waals surface area (Å²) >= 11 is 3.49. The first-order valence-corrected chi connectivity index (χ1v) is 11.5. The van der Waals surface area contributed by atoms with Crippen molar-refractivity contribution in [2.45, 2.75) is 26.0 Å². The number of fused-ring (bicyclic) bond motifs is 1. The number of hydrogen-bond donors (Lipinski definition) is 1. The van der Waals surface area contributed by atoms with Crippen LogP contribution in [0.2, 0.25) is 0 Å². The number of carbonyl (C=O) groups is 1. The Morgan fingerprint density at radius 2 is 1.70 bits per heavy atom. The van der Waals surface area contributed by atoms with Gasteiger partial charge in [-0.15, -0.1) is 0 Å². The molecule has 1 N–H and O–H groups in total. The van der Waals surface area contributed by atoms with Crippen LogP contribution >= 0.6 is 15.9 Å². The predicted octanol–water partition coefficient (Wildman–Crippen LogP) is 5.91. The van der Waals surface area contributed by atoms with E-state index in [2.05, 4.69) is 22.0 Å². The number of rotatable bonds is 3. The third-order valence-electron chi connectivity index (χ3n) is 6.42. The zero-order chi connectivity index (χ0) is 22.9. The van der Waals surface area contributed by atoms with E-state index in [0.29, 0.717) is 12.2 Å². The summed E-state index contributed by atoms with van der Waals surface area (Å²) in [6.07, 6.45) is 1.41. The number of ether oxygens (including phenoxy) is 1. The van der Waals surface area contributed by atoms with Gasteiger partial charge >= 0.3 is 6.09 Å². The molecule has 0 radical (unpaired) electrons. The maximum atomic E-state index is 12.5. The molecule has 0 aliphatic carbocycles. The molecule has 0 amide bonds. The molecule has 0 atom stereocenters. The van der Waals surface area contributed by atoms with Crippen LogP contribution in [0.15, 0.2) is 77.4 Å². The van der Waals surface area contributed by atoms with Gasteiger partial charge in [-0.25, -0.2) is 4.79 Å². The lowest BCUT2D eigenvalue weighted by atomic mass is 9.93. The molecule has 7 heteroatoms. The van der Waals surface area contributed by atoms with Gasteiger partial charge in [0.25, 0.3) is 0 Å². The van der Waals surface area contributed by atoms with Gasteiger partial charge in [-0.3, -0.25) is 14.5 Å². The molecule has 5 aromatic rings. The second-order valence-electron chi connectivity index (χ2n) is 8.81. The van der Waals surface area contributed by atoms with E-state index in [9.17, 15) is 4.79 Å². The molecule has 1 aliphatic heterocycles. The van der Waals surface area contributed by atoms with Crippen LogP contribution < -0.4 is 5.62 Å². The highest BCUT2D eigenvalue weighted by atomic mass is 79.9. The summed E-state index contributed by atoms with van der Waals surface area (Å²) in [6.45, 7) is 4.34. The summed E-state index contributed by atoms with van der Waals surface area (Å²) in [5.74, 6) is 0. The second kappa shape index (κ2) is 6.96. The zero-order valence-corrected chi connectivity index (χ0v) is 19.8. The van der Waals surface area contributed by atoms with Gasteiger partial charge in [0, 0.05) is 27.3 Å². The standard InChI is InChI=1S/C26H21BrN4O2/c1-26(2)20-12-7-16(19-13-14-29(23(19)20)25(32)33-26)15-30-21-5-3-4-6-22(21)31(24(30)28)18-10-8-17(27)9-11-18/h3-14,28H,15H2,1-2H3. The number of cyclic esters (lactones) is 1. The van der Waals surface area contributed by atoms with Gasteiger partial charge in [0.1, 0.15) is 5.60 Å². The number of nitrogens with zero attached hydrogens (tertiary/aromatic N) is 3. The Kier molecular flexibility index (Phi) is 4.23. The Hall–Kier alpha value is -3.58. The van der Waals surface area contributed by atoms with Crippen molar-refractivity contribution >= 4 is 44.0 Å². The molecule has 6 nitrogen and oxygen atoms in total. The molecule has 0 spiro atoms. The number of benzene rings is 3. The van der Waals surface area contributed by atoms with Crippen molar-refractivity contribution < 1.29 is 9.53 Å². The Morgan fingerprint density at radius 1 is 0.970 bits per heavy atom. The van der Waals surface area contributed by atoms with Crippen molar-refractivity contribution in [2.24, 2.45) is 0 Å². The van der Waals surface area contributed by atoms with Crippen LogP contribution in [-0.2, 0) is 16.9 Å². The highest BCUT2D eigenvalue weighted by molar-refractivity contribution is 9.10. The third kappa shape index (κ3) is 2.92. The second-order valence-corrected chi connectivity index (χ2v) is 9.72. The van der Waals surface area contributed by atoms with E-state index in [1.807, 2.05) is 83.6 Å². The van der Waals surface area contributed by atoms with E-state index in [1.165, 1.54) is 0 Å². The SMILES string of the molecule is CC1(C)OC(=O)n2ccc3c(Cn4c(=N)n(-c5ccc(Br)cc5)c5ccccc54)ccc1c32. The molecular weight excluding hydrogens is 480 g/mol. The van der Waals surface area contributed by atoms with Crippen molar-refractivity contribution in [3.8, 4) is 5.69 Å². The summed E-state index contributed by atoms with van der Waals surface area (Å²) in [5, 5.41) is 10.1. The van der Waals surface area contributed by atoms with Crippen LogP contribution in [0, 0.1) is 5.41 Å². The summed E-state index contributed by atoms with van der Waals surface area (Å²) < 4.78 is 12.2. The van der Waals surface area contributed by atoms with E-state index in [-0.39, 0.29) is 6.09 Å². The smallest absolute Gasteiger partial charge is 0.419 e. The molecule has 0 saturated carbocycles. The molecule has 0 saturated heterocycles. The van der Waals surface area contributed by atoms with Crippen LogP contribution in [0.3, 0.4) is 0 Å². The first-order valence-electron chi connectivity index (χ1n) is 10.7. The fourth-order valence-electron chi connectivity index (χ4n) is 4.83. The van der Waals surface area contributed by atoms with Crippen LogP contribution in [-0.4, -0.2) is 19.8 Å². The Balaban J connectivity index is 1.55. The first kappa shape index (κ1) is 20.1. The lowest BCUT2D eigenvalue weighted by Gasteiger charge is -2.31. The maximum absolute atomic E-state index is 12.5. The Bertz CT molecular complexity index is 1640. The van der Waals surface area contributed by atoms with Gasteiger partial charge in [-0.2, -0.15) is 0 Å². The monoisotopic (exact) mass is 500 g/mol. The molecule has 0 fully saturated rings. The summed E-state index contributed by atoms with van der Waals surface area (Å²) in [6, 6.07) is 22.1. The van der Waals surface area contributed by atoms with Gasteiger partial charge in [0.05, 0.1) is 23.1 Å². The molecule has 33 heavy (non-hydrogen) atoms. The molecule has 3 aromatic carbocycles. The highest BCUT2D eigenvalue weighted by Crippen LogP contribution is 2.38. The third-order valence-corrected chi connectivity index (χ3v) is 6.95. The summed E-state index contributed by atoms with van der Waals surface area (Å²) in [7, 11) is 0. The topological polar surface area (TPSA) is 64.9 Å². The largest absolute Gasteiger partial charge is 0.438 e. The fraction of sp³-hybridized carbons (Fsp3) is 0.154. The molecule has 1 aliphatic rings. The van der Waals surface area contributed by atoms with Gasteiger partial charge < -0.3 is 9.30 Å². The number of para-hydroxylation sites is 2. The van der Waals surface area contributed by atoms with E-state index in [1.54, 1.807) is 10.8 Å². The van der Waals surface area contributed by atoms with Crippen molar-refractivity contribution in [3.05, 3.63) is 94.1 Å². The number of hydrogen-bond acceptors (Lipinski definition) is 3. The van der Waals surface area contributed by atoms with Gasteiger partial charge in [0.15, 0.2) is 0 Å². The van der Waals surface area contributed by atoms with Gasteiger partial charge in [-0.1, -0.05) is 40.2 Å². The number of carbonyl (C=O) groups excluding carboxylic acids is 1. The fourth-order valence-corrected chi connectivity index (χ4v) is 5.09. The first-order chi connectivity index (χ1) is 15.8. The molecule has 0 bridgehead atoms. The summed E-state index contributed by atoms with van der Waals surface area (Å²) in [5.41, 5.74) is 5.51. The molecule has 3 heterocycles. The molecular formula is C26H21BrN4O2. The van der Waals surface area contributed by atoms with E-state index >= 15 is 0 Å². The van der Waals surface area contributed by atoms with Crippen LogP contribution in [0.4, 0.5) is 4.79 Å². The van der Waals surface area contributed by atoms with Gasteiger partial charge in [0.2, 0.25) is 5.62 Å². The normalized spacial score (nSPS) is 14.7. The number of aromatic nitrogens is 3. The highest BCUT2D eigenvalue weighted by Gasteiger charge is 2.35. The minimum Gasteiger partial charge on any atom is -0.438 e. The molecule has 2 aromatic heterocycles. The average Bonchev–Trinajstić information content (AvgIpc) is 3.34. The predicted molar refractivity (Wildman–Crippen MR) is 131 cm³/mol. The van der Waals surface area contributed by atoms with Crippen molar-refractivity contribution in [1.82, 2.24) is 13.7 Å². The minimum absolute atomic E-state index is 0.361. The zero-order valence-electron chi connectivity index (χ0n) is 18.2. The van der Waals surface area contributed by atoms with E-state index in [0.717, 1.165) is 43.2 Å². The number of nitrogens with one attached hydrogen (secondary N) is 1. The van der Waals surface area contributed by atoms with E-state index < -0.39 is 5.60 Å². The maximum Gasteiger partial charge on any atom is 0.419 e. The van der Waals surface area contributed by atoms with Gasteiger partial charge in [-0.05, 0) is 61.9 Å². The van der Waals surface area contributed by atoms with Crippen LogP contribution in [0.5, 0.6) is 0 Å². The Labute approximate surface area is 198 Å².